The molecule has 1 rings (SSSR count). The minimum atomic E-state index is -0.946. The van der Waals surface area contributed by atoms with Crippen molar-refractivity contribution in [3.05, 3.63) is 0 Å². The van der Waals surface area contributed by atoms with Crippen LogP contribution in [0.1, 0.15) is 20.3 Å². The lowest BCUT2D eigenvalue weighted by Gasteiger charge is -2.23. The van der Waals surface area contributed by atoms with E-state index in [0.717, 1.165) is 6.42 Å². The first-order valence-corrected chi connectivity index (χ1v) is 5.59. The monoisotopic (exact) mass is 229 g/mol. The maximum Gasteiger partial charge on any atom is 0.307 e. The van der Waals surface area contributed by atoms with Gasteiger partial charge in [0, 0.05) is 31.5 Å². The number of likely N-dealkylation sites (tertiary alicyclic amines) is 1. The molecular weight excluding hydrogens is 210 g/mol. The van der Waals surface area contributed by atoms with Gasteiger partial charge in [-0.25, -0.2) is 0 Å². The van der Waals surface area contributed by atoms with Gasteiger partial charge < -0.3 is 15.1 Å². The van der Waals surface area contributed by atoms with Crippen LogP contribution in [0.2, 0.25) is 0 Å². The first-order valence-electron chi connectivity index (χ1n) is 5.59. The number of carboxylic acids is 1. The van der Waals surface area contributed by atoms with Crippen molar-refractivity contribution in [2.75, 3.05) is 19.7 Å². The second-order valence-corrected chi connectivity index (χ2v) is 4.54. The first kappa shape index (κ1) is 13.0. The van der Waals surface area contributed by atoms with Crippen LogP contribution >= 0.6 is 0 Å². The molecule has 0 aromatic carbocycles. The number of carboxylic acid groups (broad SMARTS) is 1. The predicted molar refractivity (Wildman–Crippen MR) is 57.7 cm³/mol. The first-order chi connectivity index (χ1) is 7.47. The highest BCUT2D eigenvalue weighted by molar-refractivity contribution is 5.84. The molecule has 3 unspecified atom stereocenters. The number of hydrogen-bond acceptors (Lipinski definition) is 3. The van der Waals surface area contributed by atoms with E-state index in [4.69, 9.17) is 10.2 Å². The van der Waals surface area contributed by atoms with Crippen molar-refractivity contribution >= 4 is 11.9 Å². The van der Waals surface area contributed by atoms with E-state index in [1.165, 1.54) is 0 Å². The summed E-state index contributed by atoms with van der Waals surface area (Å²) in [6.07, 6.45) is 0.802. The van der Waals surface area contributed by atoms with Crippen LogP contribution in [0.25, 0.3) is 0 Å². The third-order valence-electron chi connectivity index (χ3n) is 3.38. The molecule has 1 saturated heterocycles. The fraction of sp³-hybridized carbons (Fsp3) is 0.818. The number of hydrogen-bond donors (Lipinski definition) is 2. The smallest absolute Gasteiger partial charge is 0.307 e. The number of rotatable bonds is 4. The van der Waals surface area contributed by atoms with Crippen molar-refractivity contribution in [2.45, 2.75) is 20.3 Å². The lowest BCUT2D eigenvalue weighted by Crippen LogP contribution is -2.38. The molecule has 2 N–H and O–H groups in total. The summed E-state index contributed by atoms with van der Waals surface area (Å²) < 4.78 is 0. The zero-order chi connectivity index (χ0) is 12.3. The standard InChI is InChI=1S/C11H19NO4/c1-7(8(2)11(15)16)10(14)12-4-3-9(5-12)6-13/h7-9,13H,3-6H2,1-2H3,(H,15,16). The number of aliphatic hydroxyl groups excluding tert-OH is 1. The van der Waals surface area contributed by atoms with Gasteiger partial charge in [-0.15, -0.1) is 0 Å². The average Bonchev–Trinajstić information content (AvgIpc) is 2.74. The van der Waals surface area contributed by atoms with Crippen molar-refractivity contribution in [3.8, 4) is 0 Å². The molecule has 0 spiro atoms. The van der Waals surface area contributed by atoms with Crippen LogP contribution < -0.4 is 0 Å². The van der Waals surface area contributed by atoms with Crippen LogP contribution in [0, 0.1) is 17.8 Å². The molecule has 0 bridgehead atoms. The Morgan fingerprint density at radius 1 is 1.38 bits per heavy atom. The minimum absolute atomic E-state index is 0.0899. The fourth-order valence-electron chi connectivity index (χ4n) is 1.90. The minimum Gasteiger partial charge on any atom is -0.481 e. The summed E-state index contributed by atoms with van der Waals surface area (Å²) in [6.45, 7) is 4.46. The molecule has 0 saturated carbocycles. The molecule has 5 nitrogen and oxygen atoms in total. The van der Waals surface area contributed by atoms with Gasteiger partial charge in [0.1, 0.15) is 0 Å². The van der Waals surface area contributed by atoms with Gasteiger partial charge >= 0.3 is 5.97 Å². The lowest BCUT2D eigenvalue weighted by atomic mass is 9.95. The molecule has 1 aliphatic heterocycles. The van der Waals surface area contributed by atoms with Gasteiger partial charge in [0.2, 0.25) is 5.91 Å². The maximum atomic E-state index is 11.9. The highest BCUT2D eigenvalue weighted by atomic mass is 16.4. The number of amides is 1. The van der Waals surface area contributed by atoms with Crippen molar-refractivity contribution in [1.29, 1.82) is 0 Å². The molecule has 0 aromatic rings. The Morgan fingerprint density at radius 2 is 2.00 bits per heavy atom. The molecule has 0 radical (unpaired) electrons. The van der Waals surface area contributed by atoms with Crippen LogP contribution in [0.3, 0.4) is 0 Å². The highest BCUT2D eigenvalue weighted by Crippen LogP contribution is 2.21. The van der Waals surface area contributed by atoms with E-state index >= 15 is 0 Å². The van der Waals surface area contributed by atoms with Crippen molar-refractivity contribution in [1.82, 2.24) is 4.90 Å². The Morgan fingerprint density at radius 3 is 2.44 bits per heavy atom. The Hall–Kier alpha value is -1.10. The topological polar surface area (TPSA) is 77.8 Å². The van der Waals surface area contributed by atoms with Gasteiger partial charge in [0.25, 0.3) is 0 Å². The second kappa shape index (κ2) is 5.30. The summed E-state index contributed by atoms with van der Waals surface area (Å²) in [6, 6.07) is 0. The molecule has 3 atom stereocenters. The molecule has 1 amide bonds. The Kier molecular flexibility index (Phi) is 4.29. The van der Waals surface area contributed by atoms with E-state index in [1.807, 2.05) is 0 Å². The van der Waals surface area contributed by atoms with Crippen molar-refractivity contribution in [3.63, 3.8) is 0 Å². The van der Waals surface area contributed by atoms with E-state index in [0.29, 0.717) is 13.1 Å². The van der Waals surface area contributed by atoms with Crippen LogP contribution in [0.4, 0.5) is 0 Å². The molecule has 5 heteroatoms. The number of aliphatic carboxylic acids is 1. The molecule has 1 aliphatic rings. The number of nitrogens with zero attached hydrogens (tertiary/aromatic N) is 1. The molecule has 92 valence electrons. The van der Waals surface area contributed by atoms with Crippen molar-refractivity contribution < 1.29 is 19.8 Å². The van der Waals surface area contributed by atoms with Gasteiger partial charge in [-0.2, -0.15) is 0 Å². The summed E-state index contributed by atoms with van der Waals surface area (Å²) in [5.41, 5.74) is 0. The Balaban J connectivity index is 2.55. The molecule has 1 heterocycles. The zero-order valence-corrected chi connectivity index (χ0v) is 9.72. The summed E-state index contributed by atoms with van der Waals surface area (Å²) in [4.78, 5) is 24.4. The van der Waals surface area contributed by atoms with Crippen LogP contribution in [0.5, 0.6) is 0 Å². The van der Waals surface area contributed by atoms with E-state index in [2.05, 4.69) is 0 Å². The number of aliphatic hydroxyl groups is 1. The quantitative estimate of drug-likeness (QED) is 0.721. The molecule has 0 aliphatic carbocycles. The normalized spacial score (nSPS) is 24.2. The Labute approximate surface area is 95.1 Å². The summed E-state index contributed by atoms with van der Waals surface area (Å²) in [5, 5.41) is 17.8. The largest absolute Gasteiger partial charge is 0.481 e. The average molecular weight is 229 g/mol. The van der Waals surface area contributed by atoms with Gasteiger partial charge in [-0.1, -0.05) is 13.8 Å². The summed E-state index contributed by atoms with van der Waals surface area (Å²) in [7, 11) is 0. The van der Waals surface area contributed by atoms with Crippen LogP contribution in [-0.2, 0) is 9.59 Å². The summed E-state index contributed by atoms with van der Waals surface area (Å²) in [5.74, 6) is -2.09. The van der Waals surface area contributed by atoms with Gasteiger partial charge in [-0.3, -0.25) is 9.59 Å². The van der Waals surface area contributed by atoms with E-state index < -0.39 is 17.8 Å². The SMILES string of the molecule is CC(C(=O)O)C(C)C(=O)N1CCC(CO)C1. The Bertz CT molecular complexity index is 279. The van der Waals surface area contributed by atoms with Crippen LogP contribution in [-0.4, -0.2) is 46.7 Å². The lowest BCUT2D eigenvalue weighted by molar-refractivity contribution is -0.148. The van der Waals surface area contributed by atoms with E-state index in [-0.39, 0.29) is 18.4 Å². The van der Waals surface area contributed by atoms with Gasteiger partial charge in [-0.05, 0) is 6.42 Å². The fourth-order valence-corrected chi connectivity index (χ4v) is 1.90. The second-order valence-electron chi connectivity index (χ2n) is 4.54. The molecule has 16 heavy (non-hydrogen) atoms. The van der Waals surface area contributed by atoms with Gasteiger partial charge in [0.15, 0.2) is 0 Å². The molecule has 0 aromatic heterocycles. The highest BCUT2D eigenvalue weighted by Gasteiger charge is 2.33. The zero-order valence-electron chi connectivity index (χ0n) is 9.72. The molecular formula is C11H19NO4. The number of carbonyl (C=O) groups excluding carboxylic acids is 1. The third kappa shape index (κ3) is 2.72. The van der Waals surface area contributed by atoms with Crippen LogP contribution in [0.15, 0.2) is 0 Å². The molecule has 1 fully saturated rings. The third-order valence-corrected chi connectivity index (χ3v) is 3.38. The maximum absolute atomic E-state index is 11.9. The van der Waals surface area contributed by atoms with Gasteiger partial charge in [0.05, 0.1) is 5.92 Å². The van der Waals surface area contributed by atoms with E-state index in [9.17, 15) is 9.59 Å². The van der Waals surface area contributed by atoms with Crippen molar-refractivity contribution in [2.24, 2.45) is 17.8 Å². The van der Waals surface area contributed by atoms with E-state index in [1.54, 1.807) is 18.7 Å². The summed E-state index contributed by atoms with van der Waals surface area (Å²) >= 11 is 0. The number of carbonyl (C=O) groups is 2. The predicted octanol–water partition coefficient (Wildman–Crippen LogP) is 0.184.